The van der Waals surface area contributed by atoms with Gasteiger partial charge in [0.25, 0.3) is 0 Å². The Bertz CT molecular complexity index is 331. The summed E-state index contributed by atoms with van der Waals surface area (Å²) < 4.78 is 8.87. The molecule has 0 N–H and O–H groups in total. The summed E-state index contributed by atoms with van der Waals surface area (Å²) in [6.45, 7) is 18.0. The van der Waals surface area contributed by atoms with E-state index in [0.717, 1.165) is 25.0 Å². The molecule has 156 valence electrons. The Balaban J connectivity index is -0.0000000843. The minimum Gasteiger partial charge on any atom is -0.875 e. The van der Waals surface area contributed by atoms with E-state index in [9.17, 15) is 19.8 Å². The molecule has 0 saturated carbocycles. The maximum absolute atomic E-state index is 10.4. The molecule has 27 heavy (non-hydrogen) atoms. The van der Waals surface area contributed by atoms with Crippen LogP contribution in [0.5, 0.6) is 0 Å². The predicted molar refractivity (Wildman–Crippen MR) is 107 cm³/mol. The van der Waals surface area contributed by atoms with Crippen LogP contribution in [-0.2, 0) is 19.1 Å². The molecule has 0 bridgehead atoms. The Hall–Kier alpha value is -1.18. The molecule has 0 saturated heterocycles. The topological polar surface area (TPSA) is 98.7 Å². The molecule has 0 spiro atoms. The molecule has 0 atom stereocenters. The number of hydrogen-bond donors (Lipinski definition) is 0. The first-order valence-electron chi connectivity index (χ1n) is 8.79. The van der Waals surface area contributed by atoms with Gasteiger partial charge in [-0.05, 0) is 13.8 Å². The molecule has 0 aliphatic carbocycles. The first-order valence-corrected chi connectivity index (χ1v) is 8.79. The van der Waals surface area contributed by atoms with E-state index in [-0.39, 0.29) is 35.4 Å². The average molecular weight is 491 g/mol. The second-order valence-corrected chi connectivity index (χ2v) is 4.72. The molecule has 6 nitrogen and oxygen atoms in total. The van der Waals surface area contributed by atoms with E-state index in [0.29, 0.717) is 13.2 Å². The largest absolute Gasteiger partial charge is 4.00 e. The molecule has 0 amide bonds. The second-order valence-electron chi connectivity index (χ2n) is 4.72. The minimum absolute atomic E-state index is 0. The van der Waals surface area contributed by atoms with E-state index in [1.165, 1.54) is 26.7 Å². The van der Waals surface area contributed by atoms with Crippen molar-refractivity contribution in [3.8, 4) is 0 Å². The van der Waals surface area contributed by atoms with Crippen molar-refractivity contribution in [3.63, 3.8) is 0 Å². The molecule has 0 aromatic heterocycles. The number of unbranched alkanes of at least 4 members (excludes halogenated alkanes) is 2. The van der Waals surface area contributed by atoms with E-state index < -0.39 is 11.9 Å². The molecular weight excluding hydrogens is 455 g/mol. The first-order chi connectivity index (χ1) is 12.2. The van der Waals surface area contributed by atoms with Crippen LogP contribution in [0.2, 0.25) is 0 Å². The molecule has 0 heterocycles. The number of rotatable bonds is 6. The molecule has 0 aliphatic rings. The quantitative estimate of drug-likeness (QED) is 0.186. The fourth-order valence-corrected chi connectivity index (χ4v) is 0.700. The van der Waals surface area contributed by atoms with Gasteiger partial charge in [-0.3, -0.25) is 0 Å². The molecule has 0 aromatic rings. The van der Waals surface area contributed by atoms with Gasteiger partial charge in [-0.2, -0.15) is 12.8 Å². The Kier molecular flexibility index (Phi) is 44.1. The summed E-state index contributed by atoms with van der Waals surface area (Å²) in [5.74, 6) is -1.70. The summed E-state index contributed by atoms with van der Waals surface area (Å²) in [7, 11) is 0. The van der Waals surface area contributed by atoms with Gasteiger partial charge in [0.2, 0.25) is 0 Å². The van der Waals surface area contributed by atoms with Crippen molar-refractivity contribution < 1.29 is 29.3 Å². The number of hydrogen-bond acceptors (Lipinski definition) is 6. The third kappa shape index (κ3) is 58.8. The standard InChI is InChI=1S/2C6H10O3.2C4H9.Sn/c2*1-3-9-6(8)4-5(2)7;2*1-3-4-2;/h2*4,7H,3H2,1-2H3;2*1,3-4H2,2H3;/q;;2*-1;+4/p-2. The SMILES string of the molecule is CCOC(=O)C=C(C)[O-].CCOC(=O)C=C(C)[O-].[CH2-]CCC.[CH2-]CCC.[Sn+4]. The predicted octanol–water partition coefficient (Wildman–Crippen LogP) is 2.49. The van der Waals surface area contributed by atoms with Gasteiger partial charge in [0, 0.05) is 12.2 Å². The summed E-state index contributed by atoms with van der Waals surface area (Å²) in [5.41, 5.74) is 0. The van der Waals surface area contributed by atoms with E-state index >= 15 is 0 Å². The minimum atomic E-state index is -0.565. The van der Waals surface area contributed by atoms with Crippen molar-refractivity contribution in [2.24, 2.45) is 0 Å². The zero-order valence-electron chi connectivity index (χ0n) is 17.8. The van der Waals surface area contributed by atoms with Crippen LogP contribution in [0.3, 0.4) is 0 Å². The zero-order valence-corrected chi connectivity index (χ0v) is 20.6. The van der Waals surface area contributed by atoms with E-state index in [1.54, 1.807) is 13.8 Å². The van der Waals surface area contributed by atoms with Crippen LogP contribution in [0.1, 0.15) is 67.2 Å². The van der Waals surface area contributed by atoms with Gasteiger partial charge in [0.1, 0.15) is 0 Å². The maximum Gasteiger partial charge on any atom is 4.00 e. The van der Waals surface area contributed by atoms with E-state index in [4.69, 9.17) is 0 Å². The van der Waals surface area contributed by atoms with Crippen molar-refractivity contribution in [2.75, 3.05) is 13.2 Å². The molecule has 0 fully saturated rings. The van der Waals surface area contributed by atoms with Gasteiger partial charge in [0.15, 0.2) is 0 Å². The average Bonchev–Trinajstić information content (AvgIpc) is 2.55. The smallest absolute Gasteiger partial charge is 0.875 e. The fourth-order valence-electron chi connectivity index (χ4n) is 0.700. The summed E-state index contributed by atoms with van der Waals surface area (Å²) in [6.07, 6.45) is 6.40. The van der Waals surface area contributed by atoms with E-state index in [2.05, 4.69) is 37.2 Å². The van der Waals surface area contributed by atoms with Crippen molar-refractivity contribution in [1.29, 1.82) is 0 Å². The normalized spacial score (nSPS) is 9.63. The molecule has 0 radical (unpaired) electrons. The summed E-state index contributed by atoms with van der Waals surface area (Å²) in [4.78, 5) is 20.7. The van der Waals surface area contributed by atoms with Gasteiger partial charge in [-0.1, -0.05) is 40.5 Å². The number of carbonyl (C=O) groups excluding carboxylic acids is 2. The number of carbonyl (C=O) groups is 2. The number of ether oxygens (including phenoxy) is 2. The van der Waals surface area contributed by atoms with Crippen LogP contribution in [-0.4, -0.2) is 49.1 Å². The molecule has 0 aliphatic heterocycles. The van der Waals surface area contributed by atoms with Crippen molar-refractivity contribution in [3.05, 3.63) is 37.5 Å². The van der Waals surface area contributed by atoms with Crippen molar-refractivity contribution in [1.82, 2.24) is 0 Å². The fraction of sp³-hybridized carbons (Fsp3) is 0.600. The molecule has 0 unspecified atom stereocenters. The Morgan fingerprint density at radius 1 is 0.778 bits per heavy atom. The maximum atomic E-state index is 10.4. The van der Waals surface area contributed by atoms with Gasteiger partial charge < -0.3 is 33.5 Å². The first kappa shape index (κ1) is 36.7. The number of allylic oxidation sites excluding steroid dienone is 2. The zero-order chi connectivity index (χ0) is 21.4. The van der Waals surface area contributed by atoms with Crippen LogP contribution in [0.4, 0.5) is 0 Å². The van der Waals surface area contributed by atoms with Crippen LogP contribution in [0, 0.1) is 13.8 Å². The molecule has 0 rings (SSSR count). The Morgan fingerprint density at radius 2 is 1.00 bits per heavy atom. The van der Waals surface area contributed by atoms with Gasteiger partial charge >= 0.3 is 35.8 Å². The van der Waals surface area contributed by atoms with Gasteiger partial charge in [0.05, 0.1) is 13.2 Å². The van der Waals surface area contributed by atoms with Crippen LogP contribution in [0.25, 0.3) is 0 Å². The third-order valence-corrected chi connectivity index (χ3v) is 1.92. The summed E-state index contributed by atoms with van der Waals surface area (Å²) in [5, 5.41) is 20.3. The molecule has 0 aromatic carbocycles. The monoisotopic (exact) mass is 492 g/mol. The number of esters is 2. The Labute approximate surface area is 183 Å². The second kappa shape index (κ2) is 32.5. The van der Waals surface area contributed by atoms with Crippen LogP contribution < -0.4 is 10.2 Å². The van der Waals surface area contributed by atoms with Crippen LogP contribution >= 0.6 is 0 Å². The van der Waals surface area contributed by atoms with Crippen molar-refractivity contribution >= 4 is 35.8 Å². The summed E-state index contributed by atoms with van der Waals surface area (Å²) in [6, 6.07) is 0. The molecular formula is C20H36O6Sn. The Morgan fingerprint density at radius 3 is 1.11 bits per heavy atom. The molecule has 7 heteroatoms. The van der Waals surface area contributed by atoms with E-state index in [1.807, 2.05) is 0 Å². The van der Waals surface area contributed by atoms with Crippen LogP contribution in [0.15, 0.2) is 23.7 Å². The van der Waals surface area contributed by atoms with Gasteiger partial charge in [-0.15, -0.1) is 11.5 Å². The third-order valence-electron chi connectivity index (χ3n) is 1.92. The van der Waals surface area contributed by atoms with Gasteiger partial charge in [-0.25, -0.2) is 9.59 Å². The van der Waals surface area contributed by atoms with Crippen molar-refractivity contribution in [2.45, 2.75) is 67.2 Å². The summed E-state index contributed by atoms with van der Waals surface area (Å²) >= 11 is 0.